The second kappa shape index (κ2) is 6.15. The Morgan fingerprint density at radius 1 is 1.59 bits per heavy atom. The molecule has 2 N–H and O–H groups in total. The molecule has 1 amide bonds. The van der Waals surface area contributed by atoms with Gasteiger partial charge < -0.3 is 10.4 Å². The fourth-order valence-corrected chi connectivity index (χ4v) is 2.60. The quantitative estimate of drug-likeness (QED) is 0.758. The van der Waals surface area contributed by atoms with Crippen LogP contribution in [-0.2, 0) is 9.59 Å². The van der Waals surface area contributed by atoms with Crippen LogP contribution in [0.5, 0.6) is 0 Å². The normalized spacial score (nSPS) is 27.9. The van der Waals surface area contributed by atoms with E-state index in [0.29, 0.717) is 13.0 Å². The Morgan fingerprint density at radius 2 is 2.24 bits per heavy atom. The molecule has 4 atom stereocenters. The van der Waals surface area contributed by atoms with Gasteiger partial charge in [-0.15, -0.1) is 0 Å². The number of rotatable bonds is 5. The Kier molecular flexibility index (Phi) is 5.12. The lowest BCUT2D eigenvalue weighted by Gasteiger charge is -2.26. The third-order valence-electron chi connectivity index (χ3n) is 3.66. The van der Waals surface area contributed by atoms with Gasteiger partial charge in [0.1, 0.15) is 5.78 Å². The molecule has 0 heterocycles. The third kappa shape index (κ3) is 3.53. The van der Waals surface area contributed by atoms with E-state index in [2.05, 4.69) is 5.32 Å². The zero-order valence-corrected chi connectivity index (χ0v) is 10.9. The highest BCUT2D eigenvalue weighted by molar-refractivity contribution is 5.84. The summed E-state index contributed by atoms with van der Waals surface area (Å²) in [6.45, 7) is 6.29. The average Bonchev–Trinajstić information content (AvgIpc) is 2.58. The van der Waals surface area contributed by atoms with Gasteiger partial charge in [-0.2, -0.15) is 0 Å². The summed E-state index contributed by atoms with van der Waals surface area (Å²) < 4.78 is 0. The van der Waals surface area contributed by atoms with Crippen LogP contribution in [0.25, 0.3) is 0 Å². The number of hydrogen-bond donors (Lipinski definition) is 2. The molecule has 0 aromatic carbocycles. The number of hydrogen-bond acceptors (Lipinski definition) is 3. The summed E-state index contributed by atoms with van der Waals surface area (Å²) in [5.74, 6) is -0.130. The first kappa shape index (κ1) is 14.2. The van der Waals surface area contributed by atoms with Gasteiger partial charge in [-0.05, 0) is 25.2 Å². The van der Waals surface area contributed by atoms with Crippen LogP contribution in [-0.4, -0.2) is 29.4 Å². The van der Waals surface area contributed by atoms with E-state index in [-0.39, 0.29) is 35.9 Å². The van der Waals surface area contributed by atoms with Crippen molar-refractivity contribution in [2.75, 3.05) is 6.54 Å². The number of amides is 1. The molecule has 0 bridgehead atoms. The molecule has 4 nitrogen and oxygen atoms in total. The summed E-state index contributed by atoms with van der Waals surface area (Å²) in [6, 6.07) is 0. The van der Waals surface area contributed by atoms with E-state index in [1.165, 1.54) is 0 Å². The van der Waals surface area contributed by atoms with Gasteiger partial charge in [0.25, 0.3) is 0 Å². The van der Waals surface area contributed by atoms with Crippen molar-refractivity contribution in [2.24, 2.45) is 17.8 Å². The van der Waals surface area contributed by atoms with E-state index < -0.39 is 6.10 Å². The Labute approximate surface area is 103 Å². The van der Waals surface area contributed by atoms with Gasteiger partial charge in [-0.25, -0.2) is 0 Å². The van der Waals surface area contributed by atoms with Gasteiger partial charge in [0.2, 0.25) is 5.91 Å². The largest absolute Gasteiger partial charge is 0.392 e. The molecule has 0 aromatic rings. The molecular formula is C13H23NO3. The Bertz CT molecular complexity index is 290. The molecular weight excluding hydrogens is 218 g/mol. The van der Waals surface area contributed by atoms with Gasteiger partial charge in [0, 0.05) is 25.3 Å². The lowest BCUT2D eigenvalue weighted by molar-refractivity contribution is -0.129. The molecule has 4 heteroatoms. The first-order valence-electron chi connectivity index (χ1n) is 6.44. The van der Waals surface area contributed by atoms with E-state index in [4.69, 9.17) is 0 Å². The van der Waals surface area contributed by atoms with Crippen LogP contribution >= 0.6 is 0 Å². The molecule has 1 aliphatic rings. The third-order valence-corrected chi connectivity index (χ3v) is 3.66. The first-order chi connectivity index (χ1) is 7.97. The maximum atomic E-state index is 11.7. The maximum absolute atomic E-state index is 11.7. The molecule has 0 radical (unpaired) electrons. The van der Waals surface area contributed by atoms with Crippen molar-refractivity contribution in [3.8, 4) is 0 Å². The van der Waals surface area contributed by atoms with Crippen molar-refractivity contribution in [3.63, 3.8) is 0 Å². The monoisotopic (exact) mass is 241 g/mol. The van der Waals surface area contributed by atoms with Crippen molar-refractivity contribution >= 4 is 11.7 Å². The first-order valence-corrected chi connectivity index (χ1v) is 6.44. The molecule has 1 aliphatic carbocycles. The van der Waals surface area contributed by atoms with Gasteiger partial charge in [-0.1, -0.05) is 13.8 Å². The minimum Gasteiger partial charge on any atom is -0.392 e. The number of carbonyl (C=O) groups excluding carboxylic acids is 2. The minimum absolute atomic E-state index is 0.0582. The SMILES string of the molecule is CCNC(=O)C[C@@H](C)C(O)[C@H]1C(=O)CCC1C. The topological polar surface area (TPSA) is 66.4 Å². The molecule has 98 valence electrons. The molecule has 1 fully saturated rings. The number of nitrogens with one attached hydrogen (secondary N) is 1. The highest BCUT2D eigenvalue weighted by atomic mass is 16.3. The van der Waals surface area contributed by atoms with E-state index in [0.717, 1.165) is 6.42 Å². The number of Topliss-reactive ketones (excluding diaryl/α,β-unsaturated/α-hetero) is 1. The van der Waals surface area contributed by atoms with Gasteiger partial charge in [0.05, 0.1) is 6.10 Å². The fraction of sp³-hybridized carbons (Fsp3) is 0.846. The second-order valence-electron chi connectivity index (χ2n) is 5.13. The number of aliphatic hydroxyl groups excluding tert-OH is 1. The summed E-state index contributed by atoms with van der Waals surface area (Å²) in [7, 11) is 0. The minimum atomic E-state index is -0.692. The van der Waals surface area contributed by atoms with Crippen LogP contribution in [0.2, 0.25) is 0 Å². The zero-order chi connectivity index (χ0) is 13.0. The van der Waals surface area contributed by atoms with Crippen LogP contribution in [0.1, 0.15) is 40.0 Å². The fourth-order valence-electron chi connectivity index (χ4n) is 2.60. The summed E-state index contributed by atoms with van der Waals surface area (Å²) in [4.78, 5) is 23.1. The van der Waals surface area contributed by atoms with E-state index in [1.807, 2.05) is 20.8 Å². The molecule has 0 aliphatic heterocycles. The highest BCUT2D eigenvalue weighted by Gasteiger charge is 2.39. The number of aliphatic hydroxyl groups is 1. The predicted molar refractivity (Wildman–Crippen MR) is 65.4 cm³/mol. The highest BCUT2D eigenvalue weighted by Crippen LogP contribution is 2.34. The molecule has 2 unspecified atom stereocenters. The van der Waals surface area contributed by atoms with Crippen LogP contribution in [0, 0.1) is 17.8 Å². The summed E-state index contributed by atoms with van der Waals surface area (Å²) in [5, 5.41) is 12.9. The van der Waals surface area contributed by atoms with Gasteiger partial charge in [0.15, 0.2) is 0 Å². The van der Waals surface area contributed by atoms with Crippen LogP contribution in [0.15, 0.2) is 0 Å². The molecule has 0 aromatic heterocycles. The molecule has 1 rings (SSSR count). The molecule has 1 saturated carbocycles. The second-order valence-corrected chi connectivity index (χ2v) is 5.13. The van der Waals surface area contributed by atoms with E-state index in [9.17, 15) is 14.7 Å². The van der Waals surface area contributed by atoms with Crippen molar-refractivity contribution in [1.82, 2.24) is 5.32 Å². The smallest absolute Gasteiger partial charge is 0.220 e. The predicted octanol–water partition coefficient (Wildman–Crippen LogP) is 1.12. The molecule has 17 heavy (non-hydrogen) atoms. The van der Waals surface area contributed by atoms with Crippen molar-refractivity contribution in [3.05, 3.63) is 0 Å². The van der Waals surface area contributed by atoms with Crippen molar-refractivity contribution in [2.45, 2.75) is 46.1 Å². The lowest BCUT2D eigenvalue weighted by atomic mass is 9.83. The molecule has 0 spiro atoms. The van der Waals surface area contributed by atoms with Crippen molar-refractivity contribution < 1.29 is 14.7 Å². The lowest BCUT2D eigenvalue weighted by Crippen LogP contribution is -2.36. The standard InChI is InChI=1S/C13H23NO3/c1-4-14-11(16)7-9(3)13(17)12-8(2)5-6-10(12)15/h8-9,12-13,17H,4-7H2,1-3H3,(H,14,16)/t8?,9-,12-,13?/m1/s1. The van der Waals surface area contributed by atoms with Crippen molar-refractivity contribution in [1.29, 1.82) is 0 Å². The van der Waals surface area contributed by atoms with Crippen LogP contribution < -0.4 is 5.32 Å². The summed E-state index contributed by atoms with van der Waals surface area (Å²) in [6.07, 6.45) is 1.01. The van der Waals surface area contributed by atoms with Gasteiger partial charge >= 0.3 is 0 Å². The number of ketones is 1. The van der Waals surface area contributed by atoms with E-state index >= 15 is 0 Å². The zero-order valence-electron chi connectivity index (χ0n) is 10.9. The Balaban J connectivity index is 2.53. The number of carbonyl (C=O) groups is 2. The Morgan fingerprint density at radius 3 is 2.71 bits per heavy atom. The Hall–Kier alpha value is -0.900. The summed E-state index contributed by atoms with van der Waals surface area (Å²) in [5.41, 5.74) is 0. The maximum Gasteiger partial charge on any atom is 0.220 e. The van der Waals surface area contributed by atoms with Crippen LogP contribution in [0.4, 0.5) is 0 Å². The molecule has 0 saturated heterocycles. The van der Waals surface area contributed by atoms with Crippen LogP contribution in [0.3, 0.4) is 0 Å². The van der Waals surface area contributed by atoms with E-state index in [1.54, 1.807) is 0 Å². The average molecular weight is 241 g/mol. The van der Waals surface area contributed by atoms with Gasteiger partial charge in [-0.3, -0.25) is 9.59 Å². The summed E-state index contributed by atoms with van der Waals surface area (Å²) >= 11 is 0.